The molecular formula is C11H14Cl2N4S. The van der Waals surface area contributed by atoms with Crippen LogP contribution in [0.4, 0.5) is 0 Å². The van der Waals surface area contributed by atoms with E-state index < -0.39 is 0 Å². The van der Waals surface area contributed by atoms with Crippen molar-refractivity contribution in [3.63, 3.8) is 0 Å². The van der Waals surface area contributed by atoms with E-state index in [4.69, 9.17) is 29.0 Å². The first-order valence-electron chi connectivity index (χ1n) is 5.48. The molecule has 2 aromatic heterocycles. The maximum atomic E-state index is 6.13. The molecule has 0 aliphatic heterocycles. The van der Waals surface area contributed by atoms with Gasteiger partial charge < -0.3 is 0 Å². The summed E-state index contributed by atoms with van der Waals surface area (Å²) in [5.74, 6) is 5.58. The Morgan fingerprint density at radius 3 is 2.83 bits per heavy atom. The van der Waals surface area contributed by atoms with E-state index in [1.165, 1.54) is 16.9 Å². The molecular weight excluding hydrogens is 291 g/mol. The first kappa shape index (κ1) is 13.8. The molecule has 2 rings (SSSR count). The third kappa shape index (κ3) is 3.24. The van der Waals surface area contributed by atoms with Crippen molar-refractivity contribution >= 4 is 34.5 Å². The molecule has 0 saturated heterocycles. The van der Waals surface area contributed by atoms with Gasteiger partial charge in [0, 0.05) is 24.8 Å². The van der Waals surface area contributed by atoms with Crippen molar-refractivity contribution < 1.29 is 0 Å². The van der Waals surface area contributed by atoms with Crippen LogP contribution in [-0.4, -0.2) is 9.78 Å². The summed E-state index contributed by atoms with van der Waals surface area (Å²) in [6.45, 7) is 0. The Morgan fingerprint density at radius 1 is 1.56 bits per heavy atom. The number of nitrogens with two attached hydrogens (primary N) is 1. The maximum Gasteiger partial charge on any atom is 0.0992 e. The Kier molecular flexibility index (Phi) is 4.64. The van der Waals surface area contributed by atoms with Gasteiger partial charge in [-0.05, 0) is 24.5 Å². The highest BCUT2D eigenvalue weighted by Crippen LogP contribution is 2.36. The molecule has 0 aliphatic rings. The lowest BCUT2D eigenvalue weighted by Crippen LogP contribution is -2.28. The molecule has 0 fully saturated rings. The Bertz CT molecular complexity index is 523. The molecule has 2 heterocycles. The topological polar surface area (TPSA) is 55.9 Å². The SMILES string of the molecule is Cn1cc(CCC(NN)c2cc(Cl)sc2Cl)cn1. The van der Waals surface area contributed by atoms with Gasteiger partial charge in [-0.1, -0.05) is 23.2 Å². The molecule has 0 aliphatic carbocycles. The first-order valence-corrected chi connectivity index (χ1v) is 7.05. The van der Waals surface area contributed by atoms with Crippen LogP contribution in [0.3, 0.4) is 0 Å². The van der Waals surface area contributed by atoms with Crippen molar-refractivity contribution in [3.05, 3.63) is 38.3 Å². The van der Waals surface area contributed by atoms with E-state index in [0.717, 1.165) is 18.4 Å². The van der Waals surface area contributed by atoms with Crippen molar-refractivity contribution in [2.24, 2.45) is 12.9 Å². The predicted octanol–water partition coefficient (Wildman–Crippen LogP) is 2.93. The molecule has 0 saturated carbocycles. The van der Waals surface area contributed by atoms with Crippen molar-refractivity contribution in [1.82, 2.24) is 15.2 Å². The summed E-state index contributed by atoms with van der Waals surface area (Å²) in [5, 5.41) is 4.13. The third-order valence-corrected chi connectivity index (χ3v) is 4.26. The number of aromatic nitrogens is 2. The molecule has 18 heavy (non-hydrogen) atoms. The lowest BCUT2D eigenvalue weighted by molar-refractivity contribution is 0.518. The molecule has 0 amide bonds. The zero-order valence-corrected chi connectivity index (χ0v) is 12.2. The van der Waals surface area contributed by atoms with Gasteiger partial charge in [0.2, 0.25) is 0 Å². The lowest BCUT2D eigenvalue weighted by atomic mass is 10.0. The van der Waals surface area contributed by atoms with E-state index >= 15 is 0 Å². The van der Waals surface area contributed by atoms with E-state index in [-0.39, 0.29) is 6.04 Å². The van der Waals surface area contributed by atoms with E-state index in [1.54, 1.807) is 4.68 Å². The van der Waals surface area contributed by atoms with Gasteiger partial charge in [-0.2, -0.15) is 5.10 Å². The summed E-state index contributed by atoms with van der Waals surface area (Å²) < 4.78 is 3.15. The van der Waals surface area contributed by atoms with Crippen molar-refractivity contribution in [1.29, 1.82) is 0 Å². The van der Waals surface area contributed by atoms with Crippen LogP contribution in [0.2, 0.25) is 8.67 Å². The fourth-order valence-electron chi connectivity index (χ4n) is 1.83. The summed E-state index contributed by atoms with van der Waals surface area (Å²) in [5.41, 5.74) is 4.92. The maximum absolute atomic E-state index is 6.13. The van der Waals surface area contributed by atoms with Gasteiger partial charge in [0.05, 0.1) is 14.9 Å². The second kappa shape index (κ2) is 6.04. The summed E-state index contributed by atoms with van der Waals surface area (Å²) in [6.07, 6.45) is 5.58. The molecule has 0 spiro atoms. The highest BCUT2D eigenvalue weighted by molar-refractivity contribution is 7.20. The molecule has 0 radical (unpaired) electrons. The summed E-state index contributed by atoms with van der Waals surface area (Å²) in [7, 11) is 1.90. The molecule has 4 nitrogen and oxygen atoms in total. The molecule has 2 aromatic rings. The van der Waals surface area contributed by atoms with Crippen LogP contribution in [0.1, 0.15) is 23.6 Å². The van der Waals surface area contributed by atoms with E-state index in [1.807, 2.05) is 25.5 Å². The largest absolute Gasteiger partial charge is 0.276 e. The van der Waals surface area contributed by atoms with Crippen LogP contribution in [0.15, 0.2) is 18.5 Å². The number of rotatable bonds is 5. The summed E-state index contributed by atoms with van der Waals surface area (Å²) in [6, 6.07) is 1.86. The number of hydrogen-bond donors (Lipinski definition) is 2. The van der Waals surface area contributed by atoms with Crippen LogP contribution in [-0.2, 0) is 13.5 Å². The average molecular weight is 305 g/mol. The fourth-order valence-corrected chi connectivity index (χ4v) is 3.41. The van der Waals surface area contributed by atoms with Gasteiger partial charge in [0.1, 0.15) is 0 Å². The Hall–Kier alpha value is -0.590. The quantitative estimate of drug-likeness (QED) is 0.659. The number of nitrogens with zero attached hydrogens (tertiary/aromatic N) is 2. The highest BCUT2D eigenvalue weighted by atomic mass is 35.5. The van der Waals surface area contributed by atoms with Crippen molar-refractivity contribution in [2.75, 3.05) is 0 Å². The predicted molar refractivity (Wildman–Crippen MR) is 75.9 cm³/mol. The first-order chi connectivity index (χ1) is 8.60. The van der Waals surface area contributed by atoms with Crippen LogP contribution in [0.5, 0.6) is 0 Å². The number of hydrogen-bond acceptors (Lipinski definition) is 4. The van der Waals surface area contributed by atoms with E-state index in [0.29, 0.717) is 8.67 Å². The number of halogens is 2. The van der Waals surface area contributed by atoms with Crippen LogP contribution in [0.25, 0.3) is 0 Å². The standard InChI is InChI=1S/C11H14Cl2N4S/c1-17-6-7(5-15-17)2-3-9(16-14)8-4-10(12)18-11(8)13/h4-6,9,16H,2-3,14H2,1H3. The molecule has 3 N–H and O–H groups in total. The molecule has 1 atom stereocenters. The Balaban J connectivity index is 2.03. The summed E-state index contributed by atoms with van der Waals surface area (Å²) in [4.78, 5) is 0. The minimum Gasteiger partial charge on any atom is -0.276 e. The number of hydrazine groups is 1. The molecule has 7 heteroatoms. The zero-order valence-electron chi connectivity index (χ0n) is 9.86. The van der Waals surface area contributed by atoms with Gasteiger partial charge in [-0.15, -0.1) is 11.3 Å². The minimum atomic E-state index is 0.00135. The number of nitrogens with one attached hydrogen (secondary N) is 1. The third-order valence-electron chi connectivity index (χ3n) is 2.74. The van der Waals surface area contributed by atoms with Crippen molar-refractivity contribution in [3.8, 4) is 0 Å². The van der Waals surface area contributed by atoms with Crippen LogP contribution >= 0.6 is 34.5 Å². The highest BCUT2D eigenvalue weighted by Gasteiger charge is 2.16. The second-order valence-corrected chi connectivity index (χ2v) is 6.35. The smallest absolute Gasteiger partial charge is 0.0992 e. The molecule has 1 unspecified atom stereocenters. The average Bonchev–Trinajstić information content (AvgIpc) is 2.87. The molecule has 0 aromatic carbocycles. The Labute approximate surface area is 120 Å². The normalized spacial score (nSPS) is 12.9. The van der Waals surface area contributed by atoms with Crippen LogP contribution in [0, 0.1) is 0 Å². The van der Waals surface area contributed by atoms with Gasteiger partial charge in [0.25, 0.3) is 0 Å². The number of aryl methyl sites for hydroxylation is 2. The minimum absolute atomic E-state index is 0.00135. The van der Waals surface area contributed by atoms with Crippen LogP contribution < -0.4 is 11.3 Å². The number of thiophene rings is 1. The van der Waals surface area contributed by atoms with E-state index in [2.05, 4.69) is 10.5 Å². The van der Waals surface area contributed by atoms with Crippen molar-refractivity contribution in [2.45, 2.75) is 18.9 Å². The monoisotopic (exact) mass is 304 g/mol. The van der Waals surface area contributed by atoms with Gasteiger partial charge in [-0.25, -0.2) is 0 Å². The molecule has 0 bridgehead atoms. The Morgan fingerprint density at radius 2 is 2.33 bits per heavy atom. The second-order valence-electron chi connectivity index (χ2n) is 4.06. The van der Waals surface area contributed by atoms with E-state index in [9.17, 15) is 0 Å². The van der Waals surface area contributed by atoms with Gasteiger partial charge in [-0.3, -0.25) is 16.0 Å². The molecule has 98 valence electrons. The lowest BCUT2D eigenvalue weighted by Gasteiger charge is -2.14. The fraction of sp³-hybridized carbons (Fsp3) is 0.364. The van der Waals surface area contributed by atoms with Gasteiger partial charge >= 0.3 is 0 Å². The zero-order chi connectivity index (χ0) is 13.1. The summed E-state index contributed by atoms with van der Waals surface area (Å²) >= 11 is 13.4. The van der Waals surface area contributed by atoms with Gasteiger partial charge in [0.15, 0.2) is 0 Å².